The van der Waals surface area contributed by atoms with Gasteiger partial charge in [0.2, 0.25) is 0 Å². The largest absolute Gasteiger partial charge is 0.448 e. The van der Waals surface area contributed by atoms with E-state index in [0.29, 0.717) is 10.9 Å². The Hall–Kier alpha value is -1.88. The lowest BCUT2D eigenvalue weighted by Crippen LogP contribution is -2.51. The first-order chi connectivity index (χ1) is 9.24. The van der Waals surface area contributed by atoms with E-state index in [1.165, 1.54) is 6.07 Å². The van der Waals surface area contributed by atoms with Crippen LogP contribution in [0.15, 0.2) is 22.6 Å². The van der Waals surface area contributed by atoms with Gasteiger partial charge in [0.25, 0.3) is 5.91 Å². The van der Waals surface area contributed by atoms with Crippen molar-refractivity contribution in [2.45, 2.75) is 39.3 Å². The predicted octanol–water partition coefficient (Wildman–Crippen LogP) is 2.77. The van der Waals surface area contributed by atoms with E-state index in [9.17, 15) is 14.3 Å². The second-order valence-electron chi connectivity index (χ2n) is 5.52. The number of carbonyl (C=O) groups excluding carboxylic acids is 1. The molecule has 0 saturated heterocycles. The van der Waals surface area contributed by atoms with Crippen molar-refractivity contribution in [1.29, 1.82) is 0 Å². The van der Waals surface area contributed by atoms with Crippen molar-refractivity contribution in [2.24, 2.45) is 0 Å². The van der Waals surface area contributed by atoms with Crippen molar-refractivity contribution in [1.82, 2.24) is 5.32 Å². The van der Waals surface area contributed by atoms with Crippen LogP contribution >= 0.6 is 0 Å². The highest BCUT2D eigenvalue weighted by molar-refractivity contribution is 5.99. The molecule has 1 unspecified atom stereocenters. The quantitative estimate of drug-likeness (QED) is 0.908. The van der Waals surface area contributed by atoms with Gasteiger partial charge in [-0.1, -0.05) is 12.1 Å². The molecule has 1 atom stereocenters. The Balaban J connectivity index is 2.41. The molecule has 4 nitrogen and oxygen atoms in total. The van der Waals surface area contributed by atoms with Crippen LogP contribution in [-0.2, 0) is 0 Å². The van der Waals surface area contributed by atoms with E-state index in [0.717, 1.165) is 0 Å². The lowest BCUT2D eigenvalue weighted by Gasteiger charge is -2.28. The number of fused-ring (bicyclic) bond motifs is 1. The molecule has 1 amide bonds. The number of rotatable bonds is 3. The minimum atomic E-state index is -0.805. The van der Waals surface area contributed by atoms with E-state index >= 15 is 0 Å². The maximum absolute atomic E-state index is 13.6. The number of benzene rings is 1. The fourth-order valence-corrected chi connectivity index (χ4v) is 1.88. The molecule has 1 aromatic carbocycles. The minimum Gasteiger partial charge on any atom is -0.448 e. The Kier molecular flexibility index (Phi) is 3.56. The summed E-state index contributed by atoms with van der Waals surface area (Å²) in [6, 6.07) is 4.56. The summed E-state index contributed by atoms with van der Waals surface area (Å²) in [6.07, 6.45) is -0.729. The van der Waals surface area contributed by atoms with Gasteiger partial charge in [0.05, 0.1) is 11.6 Å². The number of furan rings is 1. The van der Waals surface area contributed by atoms with Gasteiger partial charge in [-0.05, 0) is 33.8 Å². The molecule has 20 heavy (non-hydrogen) atoms. The maximum Gasteiger partial charge on any atom is 0.287 e. The first-order valence-electron chi connectivity index (χ1n) is 6.42. The van der Waals surface area contributed by atoms with Crippen LogP contribution in [0.1, 0.15) is 36.9 Å². The number of carbonyl (C=O) groups is 1. The van der Waals surface area contributed by atoms with Crippen molar-refractivity contribution in [3.05, 3.63) is 35.3 Å². The number of halogens is 1. The molecule has 0 fully saturated rings. The van der Waals surface area contributed by atoms with E-state index in [2.05, 4.69) is 5.32 Å². The van der Waals surface area contributed by atoms with Crippen molar-refractivity contribution in [2.75, 3.05) is 0 Å². The molecule has 108 valence electrons. The van der Waals surface area contributed by atoms with Gasteiger partial charge in [-0.15, -0.1) is 0 Å². The molecule has 0 radical (unpaired) electrons. The molecular formula is C15H18FNO3. The molecule has 1 heterocycles. The second kappa shape index (κ2) is 4.90. The highest BCUT2D eigenvalue weighted by Crippen LogP contribution is 2.27. The number of amides is 1. The third-order valence-electron chi connectivity index (χ3n) is 3.60. The van der Waals surface area contributed by atoms with Gasteiger partial charge in [-0.2, -0.15) is 0 Å². The van der Waals surface area contributed by atoms with Crippen LogP contribution in [0.5, 0.6) is 0 Å². The Morgan fingerprint density at radius 2 is 2.10 bits per heavy atom. The van der Waals surface area contributed by atoms with E-state index < -0.39 is 23.4 Å². The van der Waals surface area contributed by atoms with E-state index in [4.69, 9.17) is 4.42 Å². The Morgan fingerprint density at radius 1 is 1.45 bits per heavy atom. The first-order valence-corrected chi connectivity index (χ1v) is 6.42. The van der Waals surface area contributed by atoms with Gasteiger partial charge in [-0.3, -0.25) is 4.79 Å². The van der Waals surface area contributed by atoms with Crippen molar-refractivity contribution >= 4 is 16.9 Å². The lowest BCUT2D eigenvalue weighted by atomic mass is 9.98. The Bertz CT molecular complexity index is 658. The number of aliphatic hydroxyl groups is 1. The van der Waals surface area contributed by atoms with Crippen molar-refractivity contribution < 1.29 is 18.7 Å². The predicted molar refractivity (Wildman–Crippen MR) is 74.1 cm³/mol. The maximum atomic E-state index is 13.6. The number of hydrogen-bond acceptors (Lipinski definition) is 3. The van der Waals surface area contributed by atoms with Gasteiger partial charge >= 0.3 is 0 Å². The molecule has 0 aliphatic heterocycles. The topological polar surface area (TPSA) is 62.5 Å². The molecule has 1 aromatic heterocycles. The summed E-state index contributed by atoms with van der Waals surface area (Å²) < 4.78 is 19.0. The van der Waals surface area contributed by atoms with Gasteiger partial charge in [0.15, 0.2) is 17.2 Å². The summed E-state index contributed by atoms with van der Waals surface area (Å²) in [5.41, 5.74) is -0.149. The van der Waals surface area contributed by atoms with Gasteiger partial charge in [0.1, 0.15) is 0 Å². The van der Waals surface area contributed by atoms with Gasteiger partial charge in [-0.25, -0.2) is 4.39 Å². The van der Waals surface area contributed by atoms with Crippen LogP contribution in [0.25, 0.3) is 11.0 Å². The summed E-state index contributed by atoms with van der Waals surface area (Å²) in [7, 11) is 0. The summed E-state index contributed by atoms with van der Waals surface area (Å²) in [6.45, 7) is 6.70. The number of hydrogen-bond donors (Lipinski definition) is 2. The lowest BCUT2D eigenvalue weighted by molar-refractivity contribution is 0.0688. The molecule has 0 aliphatic rings. The molecule has 2 rings (SSSR count). The van der Waals surface area contributed by atoms with Crippen LogP contribution in [0.3, 0.4) is 0 Å². The SMILES string of the molecule is Cc1c(C(=O)NC(C)(C)C(C)O)oc2c(F)cccc12. The van der Waals surface area contributed by atoms with Crippen LogP contribution in [0, 0.1) is 12.7 Å². The molecular weight excluding hydrogens is 261 g/mol. The number of aliphatic hydroxyl groups excluding tert-OH is 1. The number of para-hydroxylation sites is 1. The van der Waals surface area contributed by atoms with Gasteiger partial charge < -0.3 is 14.8 Å². The molecule has 0 saturated carbocycles. The highest BCUT2D eigenvalue weighted by atomic mass is 19.1. The Morgan fingerprint density at radius 3 is 2.65 bits per heavy atom. The monoisotopic (exact) mass is 279 g/mol. The molecule has 5 heteroatoms. The van der Waals surface area contributed by atoms with Crippen molar-refractivity contribution in [3.63, 3.8) is 0 Å². The minimum absolute atomic E-state index is 0.0684. The zero-order valence-electron chi connectivity index (χ0n) is 12.0. The number of nitrogens with one attached hydrogen (secondary N) is 1. The summed E-state index contributed by atoms with van der Waals surface area (Å²) in [5.74, 6) is -0.901. The normalized spacial score (nSPS) is 13.5. The van der Waals surface area contributed by atoms with E-state index in [-0.39, 0.29) is 11.3 Å². The summed E-state index contributed by atoms with van der Waals surface area (Å²) in [4.78, 5) is 12.2. The highest BCUT2D eigenvalue weighted by Gasteiger charge is 2.29. The average molecular weight is 279 g/mol. The van der Waals surface area contributed by atoms with Crippen LogP contribution in [-0.4, -0.2) is 22.7 Å². The number of aryl methyl sites for hydroxylation is 1. The smallest absolute Gasteiger partial charge is 0.287 e. The van der Waals surface area contributed by atoms with Crippen LogP contribution in [0.4, 0.5) is 4.39 Å². The fourth-order valence-electron chi connectivity index (χ4n) is 1.88. The Labute approximate surface area is 116 Å². The molecule has 2 N–H and O–H groups in total. The first kappa shape index (κ1) is 14.5. The fraction of sp³-hybridized carbons (Fsp3) is 0.400. The molecule has 0 spiro atoms. The van der Waals surface area contributed by atoms with Gasteiger partial charge in [0, 0.05) is 10.9 Å². The van der Waals surface area contributed by atoms with Crippen LogP contribution < -0.4 is 5.32 Å². The molecule has 0 bridgehead atoms. The molecule has 2 aromatic rings. The zero-order valence-corrected chi connectivity index (χ0v) is 12.0. The van der Waals surface area contributed by atoms with Crippen molar-refractivity contribution in [3.8, 4) is 0 Å². The third kappa shape index (κ3) is 2.41. The third-order valence-corrected chi connectivity index (χ3v) is 3.60. The standard InChI is InChI=1S/C15H18FNO3/c1-8-10-6-5-7-11(16)13(10)20-12(8)14(19)17-15(3,4)9(2)18/h5-7,9,18H,1-4H3,(H,17,19). The van der Waals surface area contributed by atoms with Crippen LogP contribution in [0.2, 0.25) is 0 Å². The van der Waals surface area contributed by atoms with E-state index in [1.54, 1.807) is 39.8 Å². The molecule has 0 aliphatic carbocycles. The second-order valence-corrected chi connectivity index (χ2v) is 5.52. The zero-order chi connectivity index (χ0) is 15.1. The van der Waals surface area contributed by atoms with E-state index in [1.807, 2.05) is 0 Å². The summed E-state index contributed by atoms with van der Waals surface area (Å²) in [5, 5.41) is 12.9. The summed E-state index contributed by atoms with van der Waals surface area (Å²) >= 11 is 0. The average Bonchev–Trinajstić information content (AvgIpc) is 2.68.